The number of aromatic nitrogens is 5. The monoisotopic (exact) mass is 430 g/mol. The maximum Gasteiger partial charge on any atom is 0.278 e. The molecule has 156 valence electrons. The summed E-state index contributed by atoms with van der Waals surface area (Å²) in [5, 5.41) is 12.1. The van der Waals surface area contributed by atoms with Crippen molar-refractivity contribution in [1.82, 2.24) is 25.0 Å². The number of nitrogens with zero attached hydrogens (tertiary/aromatic N) is 5. The number of para-hydroxylation sites is 1. The highest BCUT2D eigenvalue weighted by Gasteiger charge is 2.22. The first-order chi connectivity index (χ1) is 15.2. The fourth-order valence-corrected chi connectivity index (χ4v) is 3.92. The second kappa shape index (κ2) is 9.53. The minimum Gasteiger partial charge on any atom is -0.320 e. The van der Waals surface area contributed by atoms with Crippen LogP contribution in [0.3, 0.4) is 0 Å². The van der Waals surface area contributed by atoms with Crippen molar-refractivity contribution in [1.29, 1.82) is 0 Å². The number of anilines is 1. The van der Waals surface area contributed by atoms with E-state index in [1.807, 2.05) is 55.5 Å². The Morgan fingerprint density at radius 1 is 1.03 bits per heavy atom. The molecule has 31 heavy (non-hydrogen) atoms. The van der Waals surface area contributed by atoms with Crippen molar-refractivity contribution in [2.24, 2.45) is 0 Å². The van der Waals surface area contributed by atoms with Crippen molar-refractivity contribution in [2.75, 3.05) is 5.32 Å². The second-order valence-corrected chi connectivity index (χ2v) is 7.86. The van der Waals surface area contributed by atoms with Gasteiger partial charge in [0.15, 0.2) is 10.9 Å². The number of hydrogen-bond acceptors (Lipinski definition) is 6. The summed E-state index contributed by atoms with van der Waals surface area (Å²) in [5.74, 6) is 0.159. The Kier molecular flexibility index (Phi) is 6.37. The molecular weight excluding hydrogens is 408 g/mol. The Hall–Kier alpha value is -3.52. The summed E-state index contributed by atoms with van der Waals surface area (Å²) in [6.45, 7) is 4.08. The Bertz CT molecular complexity index is 1170. The van der Waals surface area contributed by atoms with Gasteiger partial charge in [0.05, 0.1) is 11.4 Å². The number of amides is 1. The van der Waals surface area contributed by atoms with E-state index < -0.39 is 0 Å². The lowest BCUT2D eigenvalue weighted by molar-refractivity contribution is 0.102. The zero-order chi connectivity index (χ0) is 21.6. The van der Waals surface area contributed by atoms with Crippen LogP contribution in [0.25, 0.3) is 5.69 Å². The Balaban J connectivity index is 1.67. The zero-order valence-corrected chi connectivity index (χ0v) is 18.1. The fraction of sp³-hybridized carbons (Fsp3) is 0.174. The number of thioether (sulfide) groups is 1. The SMILES string of the molecule is CCc1ccccc1NC(=O)c1nnn(-c2ccc(C)cc2)c1CSc1ncccn1. The molecule has 7 nitrogen and oxygen atoms in total. The first kappa shape index (κ1) is 20.7. The number of nitrogens with one attached hydrogen (secondary N) is 1. The highest BCUT2D eigenvalue weighted by Crippen LogP contribution is 2.24. The third kappa shape index (κ3) is 4.80. The van der Waals surface area contributed by atoms with Gasteiger partial charge in [-0.1, -0.05) is 59.8 Å². The summed E-state index contributed by atoms with van der Waals surface area (Å²) >= 11 is 1.43. The van der Waals surface area contributed by atoms with Crippen molar-refractivity contribution in [2.45, 2.75) is 31.2 Å². The third-order valence-corrected chi connectivity index (χ3v) is 5.67. The normalized spacial score (nSPS) is 10.8. The van der Waals surface area contributed by atoms with Gasteiger partial charge in [-0.05, 0) is 43.2 Å². The van der Waals surface area contributed by atoms with E-state index in [1.54, 1.807) is 23.1 Å². The minimum atomic E-state index is -0.288. The van der Waals surface area contributed by atoms with Crippen LogP contribution in [0.5, 0.6) is 0 Å². The largest absolute Gasteiger partial charge is 0.320 e. The zero-order valence-electron chi connectivity index (χ0n) is 17.3. The summed E-state index contributed by atoms with van der Waals surface area (Å²) in [6.07, 6.45) is 4.21. The molecule has 2 aromatic heterocycles. The molecule has 2 heterocycles. The average Bonchev–Trinajstić information content (AvgIpc) is 3.23. The third-order valence-electron chi connectivity index (χ3n) is 4.78. The Morgan fingerprint density at radius 3 is 2.52 bits per heavy atom. The molecule has 0 fully saturated rings. The highest BCUT2D eigenvalue weighted by atomic mass is 32.2. The van der Waals surface area contributed by atoms with E-state index in [0.717, 1.165) is 28.9 Å². The Labute approximate surface area is 184 Å². The molecule has 1 amide bonds. The molecule has 0 saturated heterocycles. The van der Waals surface area contributed by atoms with Crippen LogP contribution in [0, 0.1) is 6.92 Å². The van der Waals surface area contributed by atoms with E-state index in [2.05, 4.69) is 32.5 Å². The molecule has 0 spiro atoms. The van der Waals surface area contributed by atoms with Gasteiger partial charge in [0.2, 0.25) is 0 Å². The molecular formula is C23H22N6OS. The number of benzene rings is 2. The molecule has 0 aliphatic heterocycles. The molecule has 8 heteroatoms. The van der Waals surface area contributed by atoms with Gasteiger partial charge >= 0.3 is 0 Å². The first-order valence-electron chi connectivity index (χ1n) is 9.96. The fourth-order valence-electron chi connectivity index (χ4n) is 3.13. The molecule has 4 aromatic rings. The van der Waals surface area contributed by atoms with Crippen molar-refractivity contribution < 1.29 is 4.79 Å². The lowest BCUT2D eigenvalue weighted by Crippen LogP contribution is -2.16. The average molecular weight is 431 g/mol. The molecule has 0 saturated carbocycles. The van der Waals surface area contributed by atoms with Gasteiger partial charge in [-0.15, -0.1) is 5.10 Å². The van der Waals surface area contributed by atoms with Gasteiger partial charge in [-0.3, -0.25) is 4.79 Å². The maximum absolute atomic E-state index is 13.1. The number of carbonyl (C=O) groups is 1. The second-order valence-electron chi connectivity index (χ2n) is 6.92. The van der Waals surface area contributed by atoms with Crippen LogP contribution in [0.4, 0.5) is 5.69 Å². The van der Waals surface area contributed by atoms with Crippen LogP contribution in [-0.2, 0) is 12.2 Å². The van der Waals surface area contributed by atoms with E-state index >= 15 is 0 Å². The number of aryl methyl sites for hydroxylation is 2. The smallest absolute Gasteiger partial charge is 0.278 e. The van der Waals surface area contributed by atoms with Gasteiger partial charge < -0.3 is 5.32 Å². The molecule has 2 aromatic carbocycles. The summed E-state index contributed by atoms with van der Waals surface area (Å²) in [5.41, 5.74) is 4.81. The summed E-state index contributed by atoms with van der Waals surface area (Å²) in [4.78, 5) is 21.7. The van der Waals surface area contributed by atoms with Crippen LogP contribution >= 0.6 is 11.8 Å². The quantitative estimate of drug-likeness (QED) is 0.344. The van der Waals surface area contributed by atoms with Crippen LogP contribution in [0.2, 0.25) is 0 Å². The summed E-state index contributed by atoms with van der Waals surface area (Å²) in [7, 11) is 0. The van der Waals surface area contributed by atoms with E-state index in [1.165, 1.54) is 11.8 Å². The maximum atomic E-state index is 13.1. The molecule has 4 rings (SSSR count). The lowest BCUT2D eigenvalue weighted by atomic mass is 10.1. The van der Waals surface area contributed by atoms with Crippen LogP contribution in [-0.4, -0.2) is 30.9 Å². The number of hydrogen-bond donors (Lipinski definition) is 1. The van der Waals surface area contributed by atoms with Gasteiger partial charge in [0.1, 0.15) is 0 Å². The molecule has 0 aliphatic rings. The van der Waals surface area contributed by atoms with Crippen molar-refractivity contribution in [3.63, 3.8) is 0 Å². The van der Waals surface area contributed by atoms with Gasteiger partial charge in [0.25, 0.3) is 5.91 Å². The first-order valence-corrected chi connectivity index (χ1v) is 10.9. The summed E-state index contributed by atoms with van der Waals surface area (Å²) in [6, 6.07) is 17.5. The van der Waals surface area contributed by atoms with E-state index in [0.29, 0.717) is 16.6 Å². The van der Waals surface area contributed by atoms with E-state index in [4.69, 9.17) is 0 Å². The summed E-state index contributed by atoms with van der Waals surface area (Å²) < 4.78 is 1.70. The predicted octanol–water partition coefficient (Wildman–Crippen LogP) is 4.47. The van der Waals surface area contributed by atoms with Gasteiger partial charge in [-0.25, -0.2) is 14.6 Å². The molecule has 0 atom stereocenters. The van der Waals surface area contributed by atoms with Crippen LogP contribution < -0.4 is 5.32 Å². The number of carbonyl (C=O) groups excluding carboxylic acids is 1. The van der Waals surface area contributed by atoms with Crippen molar-refractivity contribution in [3.8, 4) is 5.69 Å². The molecule has 0 radical (unpaired) electrons. The topological polar surface area (TPSA) is 85.6 Å². The highest BCUT2D eigenvalue weighted by molar-refractivity contribution is 7.98. The standard InChI is InChI=1S/C23H22N6OS/c1-3-17-7-4-5-8-19(17)26-22(30)21-20(15-31-23-24-13-6-14-25-23)29(28-27-21)18-11-9-16(2)10-12-18/h4-14H,3,15H2,1-2H3,(H,26,30). The number of rotatable bonds is 7. The van der Waals surface area contributed by atoms with Gasteiger partial charge in [0, 0.05) is 23.8 Å². The van der Waals surface area contributed by atoms with Crippen LogP contribution in [0.15, 0.2) is 72.1 Å². The predicted molar refractivity (Wildman–Crippen MR) is 121 cm³/mol. The molecule has 0 bridgehead atoms. The van der Waals surface area contributed by atoms with E-state index in [-0.39, 0.29) is 11.6 Å². The van der Waals surface area contributed by atoms with Crippen molar-refractivity contribution in [3.05, 3.63) is 89.5 Å². The van der Waals surface area contributed by atoms with E-state index in [9.17, 15) is 4.79 Å². The molecule has 0 unspecified atom stereocenters. The van der Waals surface area contributed by atoms with Crippen molar-refractivity contribution >= 4 is 23.4 Å². The van der Waals surface area contributed by atoms with Gasteiger partial charge in [-0.2, -0.15) is 0 Å². The molecule has 1 N–H and O–H groups in total. The lowest BCUT2D eigenvalue weighted by Gasteiger charge is -2.10. The minimum absolute atomic E-state index is 0.287. The Morgan fingerprint density at radius 2 is 1.77 bits per heavy atom. The molecule has 0 aliphatic carbocycles. The van der Waals surface area contributed by atoms with Crippen LogP contribution in [0.1, 0.15) is 34.2 Å².